The molecule has 1 aliphatic carbocycles. The number of hydrogen-bond acceptors (Lipinski definition) is 2. The van der Waals surface area contributed by atoms with Gasteiger partial charge < -0.3 is 5.32 Å². The van der Waals surface area contributed by atoms with Gasteiger partial charge in [0.05, 0.1) is 8.66 Å². The number of aryl methyl sites for hydroxylation is 1. The molecular weight excluding hydrogens is 274 g/mol. The lowest BCUT2D eigenvalue weighted by molar-refractivity contribution is 0.0943. The molecule has 0 aliphatic heterocycles. The molecule has 15 heavy (non-hydrogen) atoms. The van der Waals surface area contributed by atoms with Crippen molar-refractivity contribution in [1.29, 1.82) is 0 Å². The highest BCUT2D eigenvalue weighted by Crippen LogP contribution is 2.28. The van der Waals surface area contributed by atoms with Crippen molar-refractivity contribution in [2.24, 2.45) is 5.92 Å². The number of hydrogen-bond donors (Lipinski definition) is 1. The van der Waals surface area contributed by atoms with E-state index in [1.807, 2.05) is 13.0 Å². The minimum atomic E-state index is 0.0701. The van der Waals surface area contributed by atoms with Crippen LogP contribution in [0.3, 0.4) is 0 Å². The van der Waals surface area contributed by atoms with Gasteiger partial charge in [0.15, 0.2) is 0 Å². The largest absolute Gasteiger partial charge is 0.351 e. The maximum atomic E-state index is 11.7. The van der Waals surface area contributed by atoms with E-state index in [1.165, 1.54) is 30.6 Å². The molecule has 2 rings (SSSR count). The summed E-state index contributed by atoms with van der Waals surface area (Å²) in [6.07, 6.45) is 3.87. The van der Waals surface area contributed by atoms with E-state index in [4.69, 9.17) is 0 Å². The third-order valence-electron chi connectivity index (χ3n) is 2.86. The van der Waals surface area contributed by atoms with E-state index >= 15 is 0 Å². The first-order valence-electron chi connectivity index (χ1n) is 5.21. The van der Waals surface area contributed by atoms with E-state index in [9.17, 15) is 4.79 Å². The average molecular weight is 288 g/mol. The molecule has 1 heterocycles. The van der Waals surface area contributed by atoms with E-state index in [-0.39, 0.29) is 5.91 Å². The quantitative estimate of drug-likeness (QED) is 0.908. The molecule has 82 valence electrons. The van der Waals surface area contributed by atoms with Crippen molar-refractivity contribution in [3.63, 3.8) is 0 Å². The topological polar surface area (TPSA) is 29.1 Å². The summed E-state index contributed by atoms with van der Waals surface area (Å²) in [6, 6.07) is 1.94. The van der Waals surface area contributed by atoms with Gasteiger partial charge in [-0.25, -0.2) is 0 Å². The van der Waals surface area contributed by atoms with Crippen LogP contribution in [0.25, 0.3) is 0 Å². The molecule has 1 saturated carbocycles. The molecule has 4 heteroatoms. The van der Waals surface area contributed by atoms with E-state index in [2.05, 4.69) is 21.2 Å². The van der Waals surface area contributed by atoms with Crippen molar-refractivity contribution in [3.05, 3.63) is 20.3 Å². The van der Waals surface area contributed by atoms with Crippen LogP contribution in [0.2, 0.25) is 0 Å². The number of carbonyl (C=O) groups is 1. The van der Waals surface area contributed by atoms with Crippen LogP contribution in [0.1, 0.15) is 34.5 Å². The van der Waals surface area contributed by atoms with Crippen LogP contribution >= 0.6 is 27.3 Å². The summed E-state index contributed by atoms with van der Waals surface area (Å²) in [7, 11) is 0. The number of carbonyl (C=O) groups excluding carboxylic acids is 1. The van der Waals surface area contributed by atoms with E-state index < -0.39 is 0 Å². The number of rotatable bonds is 3. The third-order valence-corrected chi connectivity index (χ3v) is 4.99. The lowest BCUT2D eigenvalue weighted by Crippen LogP contribution is -2.31. The second-order valence-corrected chi connectivity index (χ2v) is 6.44. The Morgan fingerprint density at radius 3 is 2.87 bits per heavy atom. The molecule has 0 radical (unpaired) electrons. The first kappa shape index (κ1) is 11.1. The molecule has 1 aliphatic rings. The van der Waals surface area contributed by atoms with Crippen molar-refractivity contribution in [3.8, 4) is 0 Å². The molecule has 0 spiro atoms. The standard InChI is InChI=1S/C11H14BrNOS/c1-7-5-9(15-10(7)12)11(14)13-6-8-3-2-4-8/h5,8H,2-4,6H2,1H3,(H,13,14). The fourth-order valence-electron chi connectivity index (χ4n) is 1.59. The number of thiophene rings is 1. The molecule has 0 saturated heterocycles. The molecule has 1 amide bonds. The highest BCUT2D eigenvalue weighted by Gasteiger charge is 2.19. The monoisotopic (exact) mass is 287 g/mol. The van der Waals surface area contributed by atoms with Crippen LogP contribution in [0, 0.1) is 12.8 Å². The molecule has 0 aromatic carbocycles. The van der Waals surface area contributed by atoms with Gasteiger partial charge in [-0.2, -0.15) is 0 Å². The van der Waals surface area contributed by atoms with Gasteiger partial charge in [-0.3, -0.25) is 4.79 Å². The molecule has 1 aromatic heterocycles. The van der Waals surface area contributed by atoms with E-state index in [1.54, 1.807) is 0 Å². The summed E-state index contributed by atoms with van der Waals surface area (Å²) in [5.41, 5.74) is 1.13. The van der Waals surface area contributed by atoms with Gasteiger partial charge in [0.1, 0.15) is 0 Å². The molecule has 1 fully saturated rings. The Morgan fingerprint density at radius 1 is 1.67 bits per heavy atom. The van der Waals surface area contributed by atoms with E-state index in [0.29, 0.717) is 0 Å². The van der Waals surface area contributed by atoms with Gasteiger partial charge in [0.2, 0.25) is 0 Å². The summed E-state index contributed by atoms with van der Waals surface area (Å²) in [4.78, 5) is 12.5. The Balaban J connectivity index is 1.89. The highest BCUT2D eigenvalue weighted by molar-refractivity contribution is 9.11. The zero-order valence-corrected chi connectivity index (χ0v) is 11.1. The van der Waals surface area contributed by atoms with Crippen LogP contribution in [0.15, 0.2) is 9.85 Å². The minimum absolute atomic E-state index is 0.0701. The summed E-state index contributed by atoms with van der Waals surface area (Å²) < 4.78 is 1.05. The number of amides is 1. The maximum Gasteiger partial charge on any atom is 0.261 e. The maximum absolute atomic E-state index is 11.7. The number of nitrogens with one attached hydrogen (secondary N) is 1. The molecular formula is C11H14BrNOS. The van der Waals surface area contributed by atoms with Gasteiger partial charge in [-0.05, 0) is 53.2 Å². The van der Waals surface area contributed by atoms with Gasteiger partial charge in [0.25, 0.3) is 5.91 Å². The number of halogens is 1. The van der Waals surface area contributed by atoms with Crippen molar-refractivity contribution in [2.45, 2.75) is 26.2 Å². The molecule has 1 aromatic rings. The molecule has 0 unspecified atom stereocenters. The molecule has 2 nitrogen and oxygen atoms in total. The third kappa shape index (κ3) is 2.61. The van der Waals surface area contributed by atoms with Crippen LogP contribution in [0.4, 0.5) is 0 Å². The van der Waals surface area contributed by atoms with Crippen molar-refractivity contribution in [1.82, 2.24) is 5.32 Å². The lowest BCUT2D eigenvalue weighted by Gasteiger charge is -2.25. The SMILES string of the molecule is Cc1cc(C(=O)NCC2CCC2)sc1Br. The molecule has 0 bridgehead atoms. The first-order valence-corrected chi connectivity index (χ1v) is 6.82. The van der Waals surface area contributed by atoms with E-state index in [0.717, 1.165) is 26.7 Å². The second-order valence-electron chi connectivity index (χ2n) is 4.07. The zero-order valence-electron chi connectivity index (χ0n) is 8.68. The Kier molecular flexibility index (Phi) is 3.46. The molecule has 1 N–H and O–H groups in total. The van der Waals surface area contributed by atoms with Crippen molar-refractivity contribution in [2.75, 3.05) is 6.54 Å². The van der Waals surface area contributed by atoms with Crippen molar-refractivity contribution >= 4 is 33.2 Å². The Hall–Kier alpha value is -0.350. The predicted octanol–water partition coefficient (Wildman–Crippen LogP) is 3.35. The fraction of sp³-hybridized carbons (Fsp3) is 0.545. The summed E-state index contributed by atoms with van der Waals surface area (Å²) in [5, 5.41) is 2.99. The van der Waals surface area contributed by atoms with Crippen LogP contribution < -0.4 is 5.32 Å². The van der Waals surface area contributed by atoms with Crippen LogP contribution in [-0.4, -0.2) is 12.5 Å². The van der Waals surface area contributed by atoms with Gasteiger partial charge in [0, 0.05) is 6.54 Å². The second kappa shape index (κ2) is 4.66. The normalized spacial score (nSPS) is 16.1. The van der Waals surface area contributed by atoms with Crippen LogP contribution in [0.5, 0.6) is 0 Å². The first-order chi connectivity index (χ1) is 7.16. The van der Waals surface area contributed by atoms with Gasteiger partial charge >= 0.3 is 0 Å². The summed E-state index contributed by atoms with van der Waals surface area (Å²) in [6.45, 7) is 2.84. The fourth-order valence-corrected chi connectivity index (χ4v) is 3.04. The Morgan fingerprint density at radius 2 is 2.40 bits per heavy atom. The summed E-state index contributed by atoms with van der Waals surface area (Å²) in [5.74, 6) is 0.791. The molecule has 0 atom stereocenters. The zero-order chi connectivity index (χ0) is 10.8. The average Bonchev–Trinajstić information content (AvgIpc) is 2.44. The minimum Gasteiger partial charge on any atom is -0.351 e. The Bertz CT molecular complexity index is 351. The van der Waals surface area contributed by atoms with Crippen LogP contribution in [-0.2, 0) is 0 Å². The predicted molar refractivity (Wildman–Crippen MR) is 66.4 cm³/mol. The van der Waals surface area contributed by atoms with Gasteiger partial charge in [-0.1, -0.05) is 6.42 Å². The smallest absolute Gasteiger partial charge is 0.261 e. The Labute approximate surface area is 102 Å². The summed E-state index contributed by atoms with van der Waals surface area (Å²) >= 11 is 4.93. The lowest BCUT2D eigenvalue weighted by atomic mass is 9.85. The van der Waals surface area contributed by atoms with Gasteiger partial charge in [-0.15, -0.1) is 11.3 Å². The van der Waals surface area contributed by atoms with Crippen molar-refractivity contribution < 1.29 is 4.79 Å². The highest BCUT2D eigenvalue weighted by atomic mass is 79.9.